The molecule has 0 spiro atoms. The third-order valence-electron chi connectivity index (χ3n) is 2.97. The average molecular weight is 238 g/mol. The van der Waals surface area contributed by atoms with Crippen molar-refractivity contribution in [3.8, 4) is 0 Å². The van der Waals surface area contributed by atoms with Gasteiger partial charge in [-0.2, -0.15) is 0 Å². The number of hydrogen-bond acceptors (Lipinski definition) is 4. The molecule has 0 saturated heterocycles. The van der Waals surface area contributed by atoms with E-state index in [9.17, 15) is 0 Å². The lowest BCUT2D eigenvalue weighted by Crippen LogP contribution is -2.41. The molecule has 4 heteroatoms. The summed E-state index contributed by atoms with van der Waals surface area (Å²) >= 11 is 0. The third-order valence-corrected chi connectivity index (χ3v) is 2.97. The zero-order chi connectivity index (χ0) is 12.7. The summed E-state index contributed by atoms with van der Waals surface area (Å²) in [5, 5.41) is 0. The molecule has 1 atom stereocenters. The number of ether oxygens (including phenoxy) is 2. The van der Waals surface area contributed by atoms with Gasteiger partial charge in [-0.25, -0.2) is 0 Å². The third kappa shape index (κ3) is 4.00. The Morgan fingerprint density at radius 1 is 1.18 bits per heavy atom. The van der Waals surface area contributed by atoms with E-state index in [1.54, 1.807) is 14.2 Å². The lowest BCUT2D eigenvalue weighted by atomic mass is 10.1. The molecule has 0 amide bonds. The molecule has 1 rings (SSSR count). The van der Waals surface area contributed by atoms with E-state index in [0.717, 1.165) is 12.1 Å². The van der Waals surface area contributed by atoms with Crippen LogP contribution in [0.4, 0.5) is 5.69 Å². The van der Waals surface area contributed by atoms with Gasteiger partial charge in [0.25, 0.3) is 0 Å². The predicted molar refractivity (Wildman–Crippen MR) is 70.1 cm³/mol. The van der Waals surface area contributed by atoms with Crippen LogP contribution < -0.4 is 10.6 Å². The number of anilines is 1. The zero-order valence-corrected chi connectivity index (χ0v) is 10.8. The molecule has 1 unspecified atom stereocenters. The lowest BCUT2D eigenvalue weighted by molar-refractivity contribution is -0.108. The molecule has 0 aliphatic heterocycles. The summed E-state index contributed by atoms with van der Waals surface area (Å²) in [6.45, 7) is 0.564. The number of likely N-dealkylation sites (N-methyl/N-ethyl adjacent to an activating group) is 1. The number of rotatable bonds is 7. The van der Waals surface area contributed by atoms with Gasteiger partial charge in [0, 0.05) is 46.0 Å². The van der Waals surface area contributed by atoms with Crippen LogP contribution in [0, 0.1) is 0 Å². The van der Waals surface area contributed by atoms with Crippen LogP contribution >= 0.6 is 0 Å². The van der Waals surface area contributed by atoms with Gasteiger partial charge < -0.3 is 20.1 Å². The molecular formula is C13H22N2O2. The largest absolute Gasteiger partial charge is 0.370 e. The van der Waals surface area contributed by atoms with Crippen LogP contribution in [-0.4, -0.2) is 40.1 Å². The minimum atomic E-state index is -0.213. The van der Waals surface area contributed by atoms with E-state index in [4.69, 9.17) is 15.2 Å². The fourth-order valence-corrected chi connectivity index (χ4v) is 1.80. The van der Waals surface area contributed by atoms with Gasteiger partial charge in [0.2, 0.25) is 0 Å². The first-order valence-electron chi connectivity index (χ1n) is 5.76. The van der Waals surface area contributed by atoms with Crippen LogP contribution in [-0.2, 0) is 9.47 Å². The van der Waals surface area contributed by atoms with Crippen molar-refractivity contribution >= 4 is 5.69 Å². The minimum absolute atomic E-state index is 0.197. The summed E-state index contributed by atoms with van der Waals surface area (Å²) in [6.07, 6.45) is 0.532. The van der Waals surface area contributed by atoms with E-state index >= 15 is 0 Å². The molecule has 0 saturated carbocycles. The predicted octanol–water partition coefficient (Wildman–Crippen LogP) is 1.46. The summed E-state index contributed by atoms with van der Waals surface area (Å²) < 4.78 is 10.4. The van der Waals surface area contributed by atoms with Crippen LogP contribution in [0.5, 0.6) is 0 Å². The van der Waals surface area contributed by atoms with E-state index in [-0.39, 0.29) is 12.3 Å². The summed E-state index contributed by atoms with van der Waals surface area (Å²) in [6, 6.07) is 10.4. The van der Waals surface area contributed by atoms with E-state index in [0.29, 0.717) is 6.54 Å². The van der Waals surface area contributed by atoms with Crippen molar-refractivity contribution in [3.63, 3.8) is 0 Å². The normalized spacial score (nSPS) is 12.8. The second-order valence-electron chi connectivity index (χ2n) is 3.97. The Bertz CT molecular complexity index is 302. The highest BCUT2D eigenvalue weighted by Gasteiger charge is 2.18. The number of para-hydroxylation sites is 1. The van der Waals surface area contributed by atoms with E-state index in [1.165, 1.54) is 0 Å². The Morgan fingerprint density at radius 2 is 1.76 bits per heavy atom. The van der Waals surface area contributed by atoms with Gasteiger partial charge >= 0.3 is 0 Å². The van der Waals surface area contributed by atoms with Crippen molar-refractivity contribution in [2.75, 3.05) is 32.7 Å². The van der Waals surface area contributed by atoms with Crippen molar-refractivity contribution in [1.29, 1.82) is 0 Å². The Balaban J connectivity index is 2.67. The van der Waals surface area contributed by atoms with Gasteiger partial charge in [0.1, 0.15) is 0 Å². The average Bonchev–Trinajstić information content (AvgIpc) is 2.40. The van der Waals surface area contributed by atoms with Crippen LogP contribution in [0.3, 0.4) is 0 Å². The Morgan fingerprint density at radius 3 is 2.24 bits per heavy atom. The molecule has 1 aromatic carbocycles. The molecule has 17 heavy (non-hydrogen) atoms. The fraction of sp³-hybridized carbons (Fsp3) is 0.538. The molecule has 96 valence electrons. The summed E-state index contributed by atoms with van der Waals surface area (Å²) in [5.74, 6) is 0. The second kappa shape index (κ2) is 7.27. The van der Waals surface area contributed by atoms with Crippen molar-refractivity contribution in [1.82, 2.24) is 0 Å². The van der Waals surface area contributed by atoms with Crippen molar-refractivity contribution in [3.05, 3.63) is 30.3 Å². The zero-order valence-electron chi connectivity index (χ0n) is 10.8. The molecule has 0 heterocycles. The molecule has 0 aliphatic carbocycles. The Kier molecular flexibility index (Phi) is 5.97. The van der Waals surface area contributed by atoms with E-state index in [1.807, 2.05) is 25.2 Å². The molecule has 2 N–H and O–H groups in total. The van der Waals surface area contributed by atoms with Gasteiger partial charge in [-0.3, -0.25) is 0 Å². The quantitative estimate of drug-likeness (QED) is 0.731. The van der Waals surface area contributed by atoms with Crippen LogP contribution in [0.2, 0.25) is 0 Å². The highest BCUT2D eigenvalue weighted by atomic mass is 16.7. The molecule has 0 aromatic heterocycles. The van der Waals surface area contributed by atoms with Crippen molar-refractivity contribution in [2.24, 2.45) is 5.73 Å². The number of hydrogen-bond donors (Lipinski definition) is 1. The molecular weight excluding hydrogens is 216 g/mol. The maximum Gasteiger partial charge on any atom is 0.158 e. The molecule has 1 aromatic rings. The SMILES string of the molecule is COC(CC(CN)N(C)c1ccccc1)OC. The monoisotopic (exact) mass is 238 g/mol. The fourth-order valence-electron chi connectivity index (χ4n) is 1.80. The van der Waals surface area contributed by atoms with Crippen LogP contribution in [0.1, 0.15) is 6.42 Å². The molecule has 0 fully saturated rings. The molecule has 4 nitrogen and oxygen atoms in total. The summed E-state index contributed by atoms with van der Waals surface area (Å²) in [5.41, 5.74) is 6.96. The van der Waals surface area contributed by atoms with Gasteiger partial charge in [-0.1, -0.05) is 18.2 Å². The number of nitrogens with two attached hydrogens (primary N) is 1. The standard InChI is InChI=1S/C13H22N2O2/c1-15(11-7-5-4-6-8-11)12(10-14)9-13(16-2)17-3/h4-8,12-13H,9-10,14H2,1-3H3. The molecule has 0 radical (unpaired) electrons. The maximum absolute atomic E-state index is 5.82. The second-order valence-corrected chi connectivity index (χ2v) is 3.97. The Labute approximate surface area is 103 Å². The van der Waals surface area contributed by atoms with E-state index < -0.39 is 0 Å². The van der Waals surface area contributed by atoms with Gasteiger partial charge in [-0.15, -0.1) is 0 Å². The van der Waals surface area contributed by atoms with Crippen LogP contribution in [0.25, 0.3) is 0 Å². The van der Waals surface area contributed by atoms with E-state index in [2.05, 4.69) is 17.0 Å². The number of nitrogens with zero attached hydrogens (tertiary/aromatic N) is 1. The first-order chi connectivity index (χ1) is 8.22. The summed E-state index contributed by atoms with van der Waals surface area (Å²) in [4.78, 5) is 2.16. The van der Waals surface area contributed by atoms with Gasteiger partial charge in [0.05, 0.1) is 0 Å². The number of methoxy groups -OCH3 is 2. The highest BCUT2D eigenvalue weighted by Crippen LogP contribution is 2.17. The van der Waals surface area contributed by atoms with Gasteiger partial charge in [-0.05, 0) is 12.1 Å². The number of benzene rings is 1. The first kappa shape index (κ1) is 14.0. The molecule has 0 bridgehead atoms. The van der Waals surface area contributed by atoms with Gasteiger partial charge in [0.15, 0.2) is 6.29 Å². The van der Waals surface area contributed by atoms with Crippen molar-refractivity contribution < 1.29 is 9.47 Å². The van der Waals surface area contributed by atoms with Crippen molar-refractivity contribution in [2.45, 2.75) is 18.8 Å². The smallest absolute Gasteiger partial charge is 0.158 e. The highest BCUT2D eigenvalue weighted by molar-refractivity contribution is 5.46. The minimum Gasteiger partial charge on any atom is -0.370 e. The lowest BCUT2D eigenvalue weighted by Gasteiger charge is -2.31. The Hall–Kier alpha value is -1.10. The van der Waals surface area contributed by atoms with Crippen LogP contribution in [0.15, 0.2) is 30.3 Å². The molecule has 0 aliphatic rings. The summed E-state index contributed by atoms with van der Waals surface area (Å²) in [7, 11) is 5.32. The maximum atomic E-state index is 5.82. The topological polar surface area (TPSA) is 47.7 Å². The first-order valence-corrected chi connectivity index (χ1v) is 5.76.